The Bertz CT molecular complexity index is 556. The van der Waals surface area contributed by atoms with Crippen molar-refractivity contribution in [1.29, 1.82) is 0 Å². The molecule has 2 unspecified atom stereocenters. The topological polar surface area (TPSA) is 56.7 Å². The van der Waals surface area contributed by atoms with Gasteiger partial charge in [0.15, 0.2) is 5.82 Å². The zero-order valence-electron chi connectivity index (χ0n) is 10.8. The molecule has 94 valence electrons. The third-order valence-corrected chi connectivity index (χ3v) is 3.72. The van der Waals surface area contributed by atoms with E-state index >= 15 is 0 Å². The van der Waals surface area contributed by atoms with Gasteiger partial charge in [0.25, 0.3) is 0 Å². The number of rotatable bonds is 1. The summed E-state index contributed by atoms with van der Waals surface area (Å²) in [7, 11) is 0. The molecule has 2 atom stereocenters. The minimum absolute atomic E-state index is 0.185. The Morgan fingerprint density at radius 2 is 2.00 bits per heavy atom. The molecule has 18 heavy (non-hydrogen) atoms. The first-order chi connectivity index (χ1) is 8.65. The second-order valence-corrected chi connectivity index (χ2v) is 5.11. The Hall–Kier alpha value is -1.68. The number of nitrogens with zero attached hydrogens (tertiary/aromatic N) is 3. The fourth-order valence-corrected chi connectivity index (χ4v) is 2.40. The highest BCUT2D eigenvalue weighted by atomic mass is 15.4. The van der Waals surface area contributed by atoms with Crippen LogP contribution in [0.5, 0.6) is 0 Å². The van der Waals surface area contributed by atoms with E-state index < -0.39 is 0 Å². The summed E-state index contributed by atoms with van der Waals surface area (Å²) in [6, 6.07) is 8.74. The molecule has 0 amide bonds. The minimum Gasteiger partial charge on any atom is -0.326 e. The summed E-state index contributed by atoms with van der Waals surface area (Å²) in [6.45, 7) is 4.19. The largest absolute Gasteiger partial charge is 0.326 e. The molecule has 4 nitrogen and oxygen atoms in total. The molecule has 0 saturated heterocycles. The maximum absolute atomic E-state index is 6.07. The first kappa shape index (κ1) is 11.4. The van der Waals surface area contributed by atoms with Gasteiger partial charge in [0.2, 0.25) is 0 Å². The Kier molecular flexibility index (Phi) is 2.67. The quantitative estimate of drug-likeness (QED) is 0.833. The maximum atomic E-state index is 6.07. The summed E-state index contributed by atoms with van der Waals surface area (Å²) in [4.78, 5) is 4.63. The molecular formula is C14H18N4. The van der Waals surface area contributed by atoms with Crippen LogP contribution < -0.4 is 5.73 Å². The van der Waals surface area contributed by atoms with Gasteiger partial charge in [-0.3, -0.25) is 0 Å². The molecule has 1 aliphatic heterocycles. The van der Waals surface area contributed by atoms with Crippen LogP contribution in [-0.4, -0.2) is 20.8 Å². The van der Waals surface area contributed by atoms with Crippen LogP contribution in [0.3, 0.4) is 0 Å². The van der Waals surface area contributed by atoms with E-state index in [0.29, 0.717) is 0 Å². The molecule has 0 radical (unpaired) electrons. The first-order valence-electron chi connectivity index (χ1n) is 6.43. The van der Waals surface area contributed by atoms with E-state index in [-0.39, 0.29) is 12.1 Å². The predicted octanol–water partition coefficient (Wildman–Crippen LogP) is 2.09. The highest BCUT2D eigenvalue weighted by molar-refractivity contribution is 5.55. The second kappa shape index (κ2) is 4.21. The summed E-state index contributed by atoms with van der Waals surface area (Å²) in [6.07, 6.45) is 1.91. The van der Waals surface area contributed by atoms with Crippen LogP contribution in [0.1, 0.15) is 30.8 Å². The fraction of sp³-hybridized carbons (Fsp3) is 0.429. The van der Waals surface area contributed by atoms with Gasteiger partial charge in [0.1, 0.15) is 5.82 Å². The predicted molar refractivity (Wildman–Crippen MR) is 71.2 cm³/mol. The van der Waals surface area contributed by atoms with Crippen LogP contribution >= 0.6 is 0 Å². The zero-order chi connectivity index (χ0) is 12.7. The zero-order valence-corrected chi connectivity index (χ0v) is 10.8. The van der Waals surface area contributed by atoms with E-state index in [0.717, 1.165) is 30.1 Å². The van der Waals surface area contributed by atoms with Gasteiger partial charge in [-0.2, -0.15) is 5.10 Å². The SMILES string of the molecule is Cc1ccc(-c2nc3n(n2)C(C)C(N)CC3)cc1. The number of nitrogens with two attached hydrogens (primary N) is 1. The molecule has 1 aromatic carbocycles. The molecule has 0 saturated carbocycles. The van der Waals surface area contributed by atoms with Gasteiger partial charge in [-0.25, -0.2) is 9.67 Å². The fourth-order valence-electron chi connectivity index (χ4n) is 2.40. The van der Waals surface area contributed by atoms with Crippen molar-refractivity contribution in [3.05, 3.63) is 35.7 Å². The van der Waals surface area contributed by atoms with Crippen molar-refractivity contribution in [2.45, 2.75) is 38.8 Å². The molecule has 0 bridgehead atoms. The van der Waals surface area contributed by atoms with Crippen molar-refractivity contribution < 1.29 is 0 Å². The number of hydrogen-bond acceptors (Lipinski definition) is 3. The number of aryl methyl sites for hydroxylation is 2. The van der Waals surface area contributed by atoms with Crippen molar-refractivity contribution in [2.75, 3.05) is 0 Å². The summed E-state index contributed by atoms with van der Waals surface area (Å²) in [5.41, 5.74) is 8.39. The summed E-state index contributed by atoms with van der Waals surface area (Å²) < 4.78 is 1.99. The summed E-state index contributed by atoms with van der Waals surface area (Å²) in [5, 5.41) is 4.61. The average molecular weight is 242 g/mol. The second-order valence-electron chi connectivity index (χ2n) is 5.11. The Morgan fingerprint density at radius 3 is 2.72 bits per heavy atom. The molecule has 4 heteroatoms. The van der Waals surface area contributed by atoms with Gasteiger partial charge < -0.3 is 5.73 Å². The smallest absolute Gasteiger partial charge is 0.181 e. The van der Waals surface area contributed by atoms with Crippen LogP contribution in [0.2, 0.25) is 0 Å². The first-order valence-corrected chi connectivity index (χ1v) is 6.43. The summed E-state index contributed by atoms with van der Waals surface area (Å²) >= 11 is 0. The molecule has 2 heterocycles. The molecular weight excluding hydrogens is 224 g/mol. The normalized spacial score (nSPS) is 22.8. The Balaban J connectivity index is 2.00. The molecule has 0 aliphatic carbocycles. The van der Waals surface area contributed by atoms with Crippen molar-refractivity contribution in [1.82, 2.24) is 14.8 Å². The van der Waals surface area contributed by atoms with E-state index in [4.69, 9.17) is 5.73 Å². The van der Waals surface area contributed by atoms with E-state index in [2.05, 4.69) is 48.2 Å². The number of fused-ring (bicyclic) bond motifs is 1. The highest BCUT2D eigenvalue weighted by Crippen LogP contribution is 2.25. The lowest BCUT2D eigenvalue weighted by Crippen LogP contribution is -2.36. The molecule has 1 aliphatic rings. The van der Waals surface area contributed by atoms with Gasteiger partial charge in [-0.05, 0) is 20.3 Å². The number of hydrogen-bond donors (Lipinski definition) is 1. The van der Waals surface area contributed by atoms with Gasteiger partial charge in [0, 0.05) is 18.0 Å². The van der Waals surface area contributed by atoms with Crippen molar-refractivity contribution in [2.24, 2.45) is 5.73 Å². The van der Waals surface area contributed by atoms with Crippen molar-refractivity contribution >= 4 is 0 Å². The number of aromatic nitrogens is 3. The van der Waals surface area contributed by atoms with E-state index in [1.165, 1.54) is 5.56 Å². The van der Waals surface area contributed by atoms with Gasteiger partial charge in [-0.15, -0.1) is 0 Å². The van der Waals surface area contributed by atoms with Crippen LogP contribution in [0.4, 0.5) is 0 Å². The standard InChI is InChI=1S/C14H18N4/c1-9-3-5-11(6-4-9)14-16-13-8-7-12(15)10(2)18(13)17-14/h3-6,10,12H,7-8,15H2,1-2H3. The molecule has 3 rings (SSSR count). The van der Waals surface area contributed by atoms with Gasteiger partial charge in [0.05, 0.1) is 6.04 Å². The van der Waals surface area contributed by atoms with Gasteiger partial charge >= 0.3 is 0 Å². The monoisotopic (exact) mass is 242 g/mol. The minimum atomic E-state index is 0.185. The van der Waals surface area contributed by atoms with Crippen LogP contribution in [-0.2, 0) is 6.42 Å². The van der Waals surface area contributed by atoms with Crippen molar-refractivity contribution in [3.8, 4) is 11.4 Å². The third kappa shape index (κ3) is 1.82. The van der Waals surface area contributed by atoms with E-state index in [1.807, 2.05) is 4.68 Å². The molecule has 0 spiro atoms. The molecule has 1 aromatic heterocycles. The number of benzene rings is 1. The molecule has 2 aromatic rings. The average Bonchev–Trinajstić information content (AvgIpc) is 2.80. The van der Waals surface area contributed by atoms with Crippen molar-refractivity contribution in [3.63, 3.8) is 0 Å². The van der Waals surface area contributed by atoms with E-state index in [1.54, 1.807) is 0 Å². The molecule has 0 fully saturated rings. The third-order valence-electron chi connectivity index (χ3n) is 3.72. The highest BCUT2D eigenvalue weighted by Gasteiger charge is 2.26. The lowest BCUT2D eigenvalue weighted by Gasteiger charge is -2.25. The maximum Gasteiger partial charge on any atom is 0.181 e. The Morgan fingerprint density at radius 1 is 1.28 bits per heavy atom. The summed E-state index contributed by atoms with van der Waals surface area (Å²) in [5.74, 6) is 1.87. The van der Waals surface area contributed by atoms with Crippen LogP contribution in [0, 0.1) is 6.92 Å². The van der Waals surface area contributed by atoms with E-state index in [9.17, 15) is 0 Å². The van der Waals surface area contributed by atoms with Crippen LogP contribution in [0.25, 0.3) is 11.4 Å². The lowest BCUT2D eigenvalue weighted by atomic mass is 10.0. The molecule has 2 N–H and O–H groups in total. The van der Waals surface area contributed by atoms with Crippen LogP contribution in [0.15, 0.2) is 24.3 Å². The lowest BCUT2D eigenvalue weighted by molar-refractivity contribution is 0.339. The van der Waals surface area contributed by atoms with Gasteiger partial charge in [-0.1, -0.05) is 29.8 Å². The Labute approximate surface area is 107 Å².